The Bertz CT molecular complexity index is 1150. The van der Waals surface area contributed by atoms with Crippen molar-refractivity contribution in [1.82, 2.24) is 14.6 Å². The number of carbonyl (C=O) groups excluding carboxylic acids is 1. The maximum atomic E-state index is 12.2. The van der Waals surface area contributed by atoms with Gasteiger partial charge in [0.2, 0.25) is 5.91 Å². The molecule has 1 amide bonds. The van der Waals surface area contributed by atoms with Crippen LogP contribution in [-0.2, 0) is 14.6 Å². The Labute approximate surface area is 151 Å². The van der Waals surface area contributed by atoms with Gasteiger partial charge in [0.05, 0.1) is 4.90 Å². The number of aryl methyl sites for hydroxylation is 2. The topological polar surface area (TPSA) is 93.4 Å². The summed E-state index contributed by atoms with van der Waals surface area (Å²) in [6.45, 7) is 3.86. The molecule has 0 aliphatic carbocycles. The smallest absolute Gasteiger partial charge is 0.226 e. The van der Waals surface area contributed by atoms with Gasteiger partial charge in [-0.3, -0.25) is 4.79 Å². The first-order chi connectivity index (χ1) is 12.2. The van der Waals surface area contributed by atoms with Crippen LogP contribution in [0.15, 0.2) is 35.2 Å². The summed E-state index contributed by atoms with van der Waals surface area (Å²) in [6, 6.07) is 8.60. The Kier molecular flexibility index (Phi) is 3.62. The number of nitrogens with one attached hydrogen (secondary N) is 1. The van der Waals surface area contributed by atoms with Crippen LogP contribution in [0.5, 0.6) is 0 Å². The van der Waals surface area contributed by atoms with E-state index in [-0.39, 0.29) is 23.1 Å². The zero-order valence-corrected chi connectivity index (χ0v) is 15.5. The van der Waals surface area contributed by atoms with Crippen LogP contribution in [0, 0.1) is 13.8 Å². The molecule has 1 unspecified atom stereocenters. The summed E-state index contributed by atoms with van der Waals surface area (Å²) in [5.74, 6) is 0.172. The molecule has 1 aliphatic heterocycles. The zero-order chi connectivity index (χ0) is 18.6. The number of benzene rings is 1. The highest BCUT2D eigenvalue weighted by molar-refractivity contribution is 7.90. The highest BCUT2D eigenvalue weighted by Crippen LogP contribution is 2.39. The highest BCUT2D eigenvalue weighted by Gasteiger charge is 2.32. The van der Waals surface area contributed by atoms with Crippen LogP contribution in [0.3, 0.4) is 0 Å². The van der Waals surface area contributed by atoms with E-state index in [4.69, 9.17) is 0 Å². The summed E-state index contributed by atoms with van der Waals surface area (Å²) in [7, 11) is -3.26. The average molecular weight is 370 g/mol. The van der Waals surface area contributed by atoms with Crippen molar-refractivity contribution < 1.29 is 13.2 Å². The van der Waals surface area contributed by atoms with Gasteiger partial charge in [-0.25, -0.2) is 17.9 Å². The summed E-state index contributed by atoms with van der Waals surface area (Å²) < 4.78 is 25.1. The van der Waals surface area contributed by atoms with E-state index < -0.39 is 9.84 Å². The van der Waals surface area contributed by atoms with Crippen molar-refractivity contribution in [2.24, 2.45) is 0 Å². The molecule has 1 N–H and O–H groups in total. The Balaban J connectivity index is 1.91. The lowest BCUT2D eigenvalue weighted by Gasteiger charge is -2.22. The predicted molar refractivity (Wildman–Crippen MR) is 97.1 cm³/mol. The Morgan fingerprint density at radius 1 is 1.19 bits per heavy atom. The maximum absolute atomic E-state index is 12.2. The van der Waals surface area contributed by atoms with Gasteiger partial charge in [-0.15, -0.1) is 5.10 Å². The zero-order valence-electron chi connectivity index (χ0n) is 14.6. The highest BCUT2D eigenvalue weighted by atomic mass is 32.2. The summed E-state index contributed by atoms with van der Waals surface area (Å²) in [5, 5.41) is 7.33. The lowest BCUT2D eigenvalue weighted by Crippen LogP contribution is -2.23. The second-order valence-corrected chi connectivity index (χ2v) is 8.70. The SMILES string of the molecule is Cc1cc(C)n2nc3c(c2n1)C(c1ccc(S(C)(=O)=O)cc1)CC(=O)N3. The fourth-order valence-electron chi connectivity index (χ4n) is 3.45. The van der Waals surface area contributed by atoms with Crippen molar-refractivity contribution in [2.75, 3.05) is 11.6 Å². The van der Waals surface area contributed by atoms with Gasteiger partial charge in [-0.2, -0.15) is 0 Å². The number of hydrogen-bond donors (Lipinski definition) is 1. The molecule has 0 fully saturated rings. The first-order valence-electron chi connectivity index (χ1n) is 8.21. The third kappa shape index (κ3) is 2.66. The number of hydrogen-bond acceptors (Lipinski definition) is 5. The average Bonchev–Trinajstić information content (AvgIpc) is 2.92. The lowest BCUT2D eigenvalue weighted by atomic mass is 9.87. The normalized spacial score (nSPS) is 17.2. The third-order valence-electron chi connectivity index (χ3n) is 4.64. The van der Waals surface area contributed by atoms with Crippen molar-refractivity contribution in [1.29, 1.82) is 0 Å². The van der Waals surface area contributed by atoms with E-state index >= 15 is 0 Å². The van der Waals surface area contributed by atoms with Gasteiger partial charge in [0.25, 0.3) is 0 Å². The Hall–Kier alpha value is -2.74. The van der Waals surface area contributed by atoms with E-state index in [0.29, 0.717) is 5.82 Å². The number of sulfone groups is 1. The van der Waals surface area contributed by atoms with Crippen molar-refractivity contribution >= 4 is 27.2 Å². The molecule has 26 heavy (non-hydrogen) atoms. The van der Waals surface area contributed by atoms with Crippen LogP contribution >= 0.6 is 0 Å². The van der Waals surface area contributed by atoms with Crippen LogP contribution in [0.4, 0.5) is 5.82 Å². The molecule has 1 atom stereocenters. The molecule has 2 aromatic heterocycles. The first-order valence-corrected chi connectivity index (χ1v) is 10.1. The molecule has 7 nitrogen and oxygen atoms in total. The lowest BCUT2D eigenvalue weighted by molar-refractivity contribution is -0.116. The minimum Gasteiger partial charge on any atom is -0.309 e. The molecule has 0 spiro atoms. The molecule has 8 heteroatoms. The quantitative estimate of drug-likeness (QED) is 0.747. The minimum absolute atomic E-state index is 0.118. The fraction of sp³-hybridized carbons (Fsp3) is 0.278. The standard InChI is InChI=1S/C18H18N4O3S/c1-10-8-11(2)22-18(19-10)16-14(9-15(23)20-17(16)21-22)12-4-6-13(7-5-12)26(3,24)25/h4-8,14H,9H2,1-3H3,(H,20,21,23). The number of nitrogens with zero attached hydrogens (tertiary/aromatic N) is 3. The summed E-state index contributed by atoms with van der Waals surface area (Å²) in [5.41, 5.74) is 4.26. The Morgan fingerprint density at radius 2 is 1.88 bits per heavy atom. The second-order valence-electron chi connectivity index (χ2n) is 6.68. The maximum Gasteiger partial charge on any atom is 0.226 e. The molecular formula is C18H18N4O3S. The van der Waals surface area contributed by atoms with Crippen molar-refractivity contribution in [3.63, 3.8) is 0 Å². The van der Waals surface area contributed by atoms with E-state index in [2.05, 4.69) is 15.4 Å². The van der Waals surface area contributed by atoms with E-state index in [1.54, 1.807) is 28.8 Å². The Morgan fingerprint density at radius 3 is 2.54 bits per heavy atom. The summed E-state index contributed by atoms with van der Waals surface area (Å²) >= 11 is 0. The van der Waals surface area contributed by atoms with E-state index in [9.17, 15) is 13.2 Å². The third-order valence-corrected chi connectivity index (χ3v) is 5.77. The van der Waals surface area contributed by atoms with Crippen LogP contribution in [0.1, 0.15) is 34.9 Å². The minimum atomic E-state index is -3.26. The molecule has 134 valence electrons. The van der Waals surface area contributed by atoms with Crippen LogP contribution in [0.2, 0.25) is 0 Å². The van der Waals surface area contributed by atoms with Crippen molar-refractivity contribution in [3.05, 3.63) is 52.8 Å². The van der Waals surface area contributed by atoms with Gasteiger partial charge in [0.1, 0.15) is 0 Å². The number of carbonyl (C=O) groups is 1. The van der Waals surface area contributed by atoms with Gasteiger partial charge in [-0.1, -0.05) is 12.1 Å². The monoisotopic (exact) mass is 370 g/mol. The van der Waals surface area contributed by atoms with Gasteiger partial charge >= 0.3 is 0 Å². The number of anilines is 1. The second kappa shape index (κ2) is 5.63. The van der Waals surface area contributed by atoms with Gasteiger partial charge < -0.3 is 5.32 Å². The van der Waals surface area contributed by atoms with Crippen LogP contribution < -0.4 is 5.32 Å². The molecule has 3 heterocycles. The molecule has 3 aromatic rings. The largest absolute Gasteiger partial charge is 0.309 e. The first kappa shape index (κ1) is 16.7. The summed E-state index contributed by atoms with van der Waals surface area (Å²) in [4.78, 5) is 17.1. The van der Waals surface area contributed by atoms with Crippen LogP contribution in [-0.4, -0.2) is 35.2 Å². The summed E-state index contributed by atoms with van der Waals surface area (Å²) in [6.07, 6.45) is 1.44. The van der Waals surface area contributed by atoms with Gasteiger partial charge in [-0.05, 0) is 37.6 Å². The number of rotatable bonds is 2. The predicted octanol–water partition coefficient (Wildman–Crippen LogP) is 2.22. The van der Waals surface area contributed by atoms with Gasteiger partial charge in [0, 0.05) is 35.5 Å². The molecule has 0 saturated heterocycles. The number of amides is 1. The van der Waals surface area contributed by atoms with E-state index in [1.165, 1.54) is 6.26 Å². The van der Waals surface area contributed by atoms with E-state index in [0.717, 1.165) is 28.2 Å². The van der Waals surface area contributed by atoms with Gasteiger partial charge in [0.15, 0.2) is 21.3 Å². The molecule has 0 saturated carbocycles. The van der Waals surface area contributed by atoms with E-state index in [1.807, 2.05) is 19.9 Å². The number of aromatic nitrogens is 3. The molecule has 1 aromatic carbocycles. The molecule has 0 bridgehead atoms. The van der Waals surface area contributed by atoms with Crippen molar-refractivity contribution in [3.8, 4) is 0 Å². The van der Waals surface area contributed by atoms with Crippen LogP contribution in [0.25, 0.3) is 5.65 Å². The molecule has 4 rings (SSSR count). The van der Waals surface area contributed by atoms with Crippen molar-refractivity contribution in [2.45, 2.75) is 31.1 Å². The number of fused-ring (bicyclic) bond motifs is 3. The molecular weight excluding hydrogens is 352 g/mol. The fourth-order valence-corrected chi connectivity index (χ4v) is 4.08. The molecule has 1 aliphatic rings. The molecule has 0 radical (unpaired) electrons.